The van der Waals surface area contributed by atoms with Gasteiger partial charge in [-0.25, -0.2) is 13.2 Å². The first-order chi connectivity index (χ1) is 17.7. The molecule has 0 spiro atoms. The quantitative estimate of drug-likeness (QED) is 0.406. The zero-order chi connectivity index (χ0) is 26.6. The van der Waals surface area contributed by atoms with Crippen molar-refractivity contribution in [2.24, 2.45) is 4.99 Å². The number of ether oxygens (including phenoxy) is 2. The fourth-order valence-electron chi connectivity index (χ4n) is 3.93. The molecule has 2 amide bonds. The zero-order valence-corrected chi connectivity index (χ0v) is 23.6. The topological polar surface area (TPSA) is 111 Å². The van der Waals surface area contributed by atoms with Gasteiger partial charge in [0.1, 0.15) is 0 Å². The van der Waals surface area contributed by atoms with Crippen LogP contribution in [0.4, 0.5) is 4.79 Å². The number of rotatable bonds is 7. The van der Waals surface area contributed by atoms with Gasteiger partial charge < -0.3 is 18.9 Å². The van der Waals surface area contributed by atoms with E-state index < -0.39 is 22.0 Å². The molecule has 13 heteroatoms. The molecule has 2 heterocycles. The van der Waals surface area contributed by atoms with Crippen LogP contribution in [0.5, 0.6) is 0 Å². The van der Waals surface area contributed by atoms with E-state index in [1.807, 2.05) is 22.8 Å². The predicted octanol–water partition coefficient (Wildman–Crippen LogP) is 3.32. The first-order valence-electron chi connectivity index (χ1n) is 11.6. The number of aromatic nitrogens is 1. The summed E-state index contributed by atoms with van der Waals surface area (Å²) in [6.45, 7) is 3.82. The average molecular weight is 612 g/mol. The highest BCUT2D eigenvalue weighted by Gasteiger charge is 2.30. The number of benzene rings is 2. The number of hydrogen-bond acceptors (Lipinski definition) is 7. The zero-order valence-electron chi connectivity index (χ0n) is 20.4. The van der Waals surface area contributed by atoms with E-state index in [1.54, 1.807) is 14.0 Å². The van der Waals surface area contributed by atoms with Crippen molar-refractivity contribution < 1.29 is 27.5 Å². The van der Waals surface area contributed by atoms with E-state index in [1.165, 1.54) is 44.8 Å². The summed E-state index contributed by atoms with van der Waals surface area (Å²) in [4.78, 5) is 31.3. The molecule has 0 saturated carbocycles. The van der Waals surface area contributed by atoms with Crippen LogP contribution in [-0.2, 0) is 26.0 Å². The van der Waals surface area contributed by atoms with Gasteiger partial charge in [0.2, 0.25) is 10.0 Å². The summed E-state index contributed by atoms with van der Waals surface area (Å²) in [5, 5.41) is 0. The van der Waals surface area contributed by atoms with Gasteiger partial charge in [0.25, 0.3) is 5.91 Å². The van der Waals surface area contributed by atoms with Crippen molar-refractivity contribution >= 4 is 59.5 Å². The van der Waals surface area contributed by atoms with E-state index in [2.05, 4.69) is 20.9 Å². The molecule has 0 N–H and O–H groups in total. The lowest BCUT2D eigenvalue weighted by molar-refractivity contribution is 0.0933. The van der Waals surface area contributed by atoms with Gasteiger partial charge in [-0.2, -0.15) is 9.30 Å². The van der Waals surface area contributed by atoms with Crippen LogP contribution < -0.4 is 4.80 Å². The van der Waals surface area contributed by atoms with Gasteiger partial charge in [-0.3, -0.25) is 4.79 Å². The number of halogens is 1. The lowest BCUT2D eigenvalue weighted by atomic mass is 10.2. The van der Waals surface area contributed by atoms with E-state index in [9.17, 15) is 18.0 Å². The van der Waals surface area contributed by atoms with Crippen LogP contribution in [0.3, 0.4) is 0 Å². The number of nitrogens with zero attached hydrogens (tertiary/aromatic N) is 4. The van der Waals surface area contributed by atoms with Gasteiger partial charge in [0.15, 0.2) is 4.80 Å². The number of thiazole rings is 1. The molecule has 0 bridgehead atoms. The standard InChI is InChI=1S/C24H27BrN4O6S2/c1-3-35-24(31)27-10-12-28(13-11-27)37(32,33)19-7-4-17(5-8-19)22(30)26-23-29(14-15-34-2)20-9-6-18(25)16-21(20)36-23/h4-9,16H,3,10-15H2,1-2H3. The summed E-state index contributed by atoms with van der Waals surface area (Å²) in [7, 11) is -2.16. The van der Waals surface area contributed by atoms with Crippen LogP contribution in [0.1, 0.15) is 17.3 Å². The minimum absolute atomic E-state index is 0.0792. The number of carbonyl (C=O) groups is 2. The Morgan fingerprint density at radius 1 is 1.08 bits per heavy atom. The first-order valence-corrected chi connectivity index (χ1v) is 14.7. The Labute approximate surface area is 227 Å². The van der Waals surface area contributed by atoms with Crippen molar-refractivity contribution in [3.8, 4) is 0 Å². The van der Waals surface area contributed by atoms with Crippen molar-refractivity contribution in [3.05, 3.63) is 57.3 Å². The molecule has 1 saturated heterocycles. The van der Waals surface area contributed by atoms with Crippen molar-refractivity contribution in [2.45, 2.75) is 18.4 Å². The molecule has 3 aromatic rings. The summed E-state index contributed by atoms with van der Waals surface area (Å²) in [5.74, 6) is -0.469. The molecule has 10 nitrogen and oxygen atoms in total. The maximum atomic E-state index is 13.1. The number of amides is 2. The molecule has 1 fully saturated rings. The number of methoxy groups -OCH3 is 1. The first kappa shape index (κ1) is 27.5. The Morgan fingerprint density at radius 2 is 1.78 bits per heavy atom. The molecule has 2 aromatic carbocycles. The Hall–Kier alpha value is -2.58. The lowest BCUT2D eigenvalue weighted by Gasteiger charge is -2.33. The molecule has 0 radical (unpaired) electrons. The summed E-state index contributed by atoms with van der Waals surface area (Å²) in [6, 6.07) is 11.6. The van der Waals surface area contributed by atoms with Crippen LogP contribution in [0.2, 0.25) is 0 Å². The fraction of sp³-hybridized carbons (Fsp3) is 0.375. The summed E-state index contributed by atoms with van der Waals surface area (Å²) in [5.41, 5.74) is 1.23. The van der Waals surface area contributed by atoms with Crippen LogP contribution in [-0.4, -0.2) is 80.7 Å². The predicted molar refractivity (Wildman–Crippen MR) is 143 cm³/mol. The van der Waals surface area contributed by atoms with E-state index >= 15 is 0 Å². The third-order valence-electron chi connectivity index (χ3n) is 5.86. The number of piperazine rings is 1. The minimum atomic E-state index is -3.77. The van der Waals surface area contributed by atoms with Crippen LogP contribution in [0.25, 0.3) is 10.2 Å². The molecule has 4 rings (SSSR count). The van der Waals surface area contributed by atoms with Gasteiger partial charge in [-0.1, -0.05) is 27.3 Å². The number of carbonyl (C=O) groups excluding carboxylic acids is 2. The number of sulfonamides is 1. The molecule has 0 aliphatic carbocycles. The molecule has 0 atom stereocenters. The second kappa shape index (κ2) is 11.9. The van der Waals surface area contributed by atoms with E-state index in [4.69, 9.17) is 9.47 Å². The molecule has 1 aliphatic rings. The second-order valence-electron chi connectivity index (χ2n) is 8.17. The van der Waals surface area contributed by atoms with Gasteiger partial charge in [0, 0.05) is 49.9 Å². The van der Waals surface area contributed by atoms with Crippen LogP contribution in [0, 0.1) is 0 Å². The minimum Gasteiger partial charge on any atom is -0.450 e. The highest BCUT2D eigenvalue weighted by atomic mass is 79.9. The summed E-state index contributed by atoms with van der Waals surface area (Å²) < 4.78 is 41.6. The lowest BCUT2D eigenvalue weighted by Crippen LogP contribution is -2.50. The highest BCUT2D eigenvalue weighted by Crippen LogP contribution is 2.23. The molecule has 198 valence electrons. The maximum Gasteiger partial charge on any atom is 0.409 e. The normalized spacial score (nSPS) is 15.3. The van der Waals surface area contributed by atoms with E-state index in [-0.39, 0.29) is 43.2 Å². The Bertz CT molecular complexity index is 1460. The van der Waals surface area contributed by atoms with Gasteiger partial charge >= 0.3 is 6.09 Å². The largest absolute Gasteiger partial charge is 0.450 e. The third-order valence-corrected chi connectivity index (χ3v) is 9.31. The summed E-state index contributed by atoms with van der Waals surface area (Å²) >= 11 is 4.87. The third kappa shape index (κ3) is 6.12. The summed E-state index contributed by atoms with van der Waals surface area (Å²) in [6.07, 6.45) is -0.444. The highest BCUT2D eigenvalue weighted by molar-refractivity contribution is 9.10. The Kier molecular flexibility index (Phi) is 8.80. The van der Waals surface area contributed by atoms with Gasteiger partial charge in [-0.05, 0) is 49.4 Å². The van der Waals surface area contributed by atoms with Gasteiger partial charge in [-0.15, -0.1) is 0 Å². The second-order valence-corrected chi connectivity index (χ2v) is 12.0. The number of hydrogen-bond donors (Lipinski definition) is 0. The van der Waals surface area contributed by atoms with Crippen molar-refractivity contribution in [3.63, 3.8) is 0 Å². The van der Waals surface area contributed by atoms with Crippen molar-refractivity contribution in [2.75, 3.05) is 46.5 Å². The molecule has 37 heavy (non-hydrogen) atoms. The molecule has 1 aliphatic heterocycles. The smallest absolute Gasteiger partial charge is 0.409 e. The van der Waals surface area contributed by atoms with Crippen LogP contribution in [0.15, 0.2) is 56.8 Å². The Balaban J connectivity index is 1.53. The van der Waals surface area contributed by atoms with E-state index in [0.29, 0.717) is 18.0 Å². The molecular weight excluding hydrogens is 584 g/mol. The molecule has 0 unspecified atom stereocenters. The SMILES string of the molecule is CCOC(=O)N1CCN(S(=O)(=O)c2ccc(C(=O)N=c3sc4cc(Br)ccc4n3CCOC)cc2)CC1. The average Bonchev–Trinajstić information content (AvgIpc) is 3.23. The maximum absolute atomic E-state index is 13.1. The van der Waals surface area contributed by atoms with E-state index in [0.717, 1.165) is 14.7 Å². The molecular formula is C24H27BrN4O6S2. The monoisotopic (exact) mass is 610 g/mol. The number of fused-ring (bicyclic) bond motifs is 1. The Morgan fingerprint density at radius 3 is 2.43 bits per heavy atom. The fourth-order valence-corrected chi connectivity index (χ4v) is 6.96. The van der Waals surface area contributed by atoms with Gasteiger partial charge in [0.05, 0.1) is 28.3 Å². The van der Waals surface area contributed by atoms with Crippen molar-refractivity contribution in [1.29, 1.82) is 0 Å². The van der Waals surface area contributed by atoms with Crippen LogP contribution >= 0.6 is 27.3 Å². The van der Waals surface area contributed by atoms with Crippen molar-refractivity contribution in [1.82, 2.24) is 13.8 Å². The molecule has 1 aromatic heterocycles.